The lowest BCUT2D eigenvalue weighted by Gasteiger charge is -2.27. The normalized spacial score (nSPS) is 13.1. The number of nitrogens with two attached hydrogens (primary N) is 1. The van der Waals surface area contributed by atoms with E-state index < -0.39 is 6.04 Å². The van der Waals surface area contributed by atoms with Gasteiger partial charge in [0.1, 0.15) is 0 Å². The Morgan fingerprint density at radius 1 is 1.45 bits per heavy atom. The van der Waals surface area contributed by atoms with Crippen LogP contribution >= 0.6 is 23.4 Å². The number of halogens is 1. The molecule has 1 rings (SSSR count). The second kappa shape index (κ2) is 7.91. The van der Waals surface area contributed by atoms with Crippen molar-refractivity contribution in [2.24, 2.45) is 5.73 Å². The Morgan fingerprint density at radius 3 is 2.70 bits per heavy atom. The fourth-order valence-electron chi connectivity index (χ4n) is 1.92. The summed E-state index contributed by atoms with van der Waals surface area (Å²) in [7, 11) is 0. The van der Waals surface area contributed by atoms with E-state index in [4.69, 9.17) is 17.3 Å². The van der Waals surface area contributed by atoms with E-state index in [0.717, 1.165) is 16.3 Å². The van der Waals surface area contributed by atoms with Crippen molar-refractivity contribution in [2.45, 2.75) is 31.7 Å². The van der Waals surface area contributed by atoms with Crippen LogP contribution in [0.5, 0.6) is 0 Å². The highest BCUT2D eigenvalue weighted by Gasteiger charge is 2.24. The minimum atomic E-state index is -0.440. The quantitative estimate of drug-likeness (QED) is 0.813. The predicted octanol–water partition coefficient (Wildman–Crippen LogP) is 2.81. The lowest BCUT2D eigenvalue weighted by Crippen LogP contribution is -2.45. The zero-order valence-electron chi connectivity index (χ0n) is 12.3. The summed E-state index contributed by atoms with van der Waals surface area (Å²) in [4.78, 5) is 11.9. The van der Waals surface area contributed by atoms with E-state index in [9.17, 15) is 4.79 Å². The highest BCUT2D eigenvalue weighted by Crippen LogP contribution is 2.28. The van der Waals surface area contributed by atoms with Gasteiger partial charge in [-0.05, 0) is 30.1 Å². The van der Waals surface area contributed by atoms with E-state index in [1.165, 1.54) is 0 Å². The predicted molar refractivity (Wildman–Crippen MR) is 88.5 cm³/mol. The molecule has 0 radical (unpaired) electrons. The molecule has 0 bridgehead atoms. The first-order chi connectivity index (χ1) is 9.38. The molecule has 3 N–H and O–H groups in total. The smallest absolute Gasteiger partial charge is 0.236 e. The van der Waals surface area contributed by atoms with Gasteiger partial charge in [0, 0.05) is 17.0 Å². The molecule has 0 heterocycles. The molecule has 0 aromatic heterocycles. The van der Waals surface area contributed by atoms with E-state index in [1.54, 1.807) is 11.8 Å². The van der Waals surface area contributed by atoms with E-state index >= 15 is 0 Å². The third kappa shape index (κ3) is 5.00. The van der Waals surface area contributed by atoms with Crippen LogP contribution in [0.4, 0.5) is 0 Å². The molecule has 1 amide bonds. The van der Waals surface area contributed by atoms with Crippen LogP contribution in [0.2, 0.25) is 5.02 Å². The molecule has 5 heteroatoms. The van der Waals surface area contributed by atoms with Gasteiger partial charge >= 0.3 is 0 Å². The summed E-state index contributed by atoms with van der Waals surface area (Å²) in [6, 6.07) is 7.27. The fraction of sp³-hybridized carbons (Fsp3) is 0.533. The summed E-state index contributed by atoms with van der Waals surface area (Å²) >= 11 is 7.91. The Morgan fingerprint density at radius 2 is 2.10 bits per heavy atom. The van der Waals surface area contributed by atoms with Crippen molar-refractivity contribution in [3.05, 3.63) is 34.9 Å². The molecule has 0 fully saturated rings. The summed E-state index contributed by atoms with van der Waals surface area (Å²) in [5.74, 6) is 0.793. The van der Waals surface area contributed by atoms with Crippen LogP contribution in [0.15, 0.2) is 24.3 Å². The number of thioether (sulfide) groups is 1. The zero-order chi connectivity index (χ0) is 15.2. The van der Waals surface area contributed by atoms with Gasteiger partial charge in [-0.3, -0.25) is 4.79 Å². The Labute approximate surface area is 130 Å². The van der Waals surface area contributed by atoms with Gasteiger partial charge in [0.2, 0.25) is 5.91 Å². The molecule has 1 aromatic rings. The number of benzene rings is 1. The molecule has 0 unspecified atom stereocenters. The van der Waals surface area contributed by atoms with E-state index in [1.807, 2.05) is 30.5 Å². The van der Waals surface area contributed by atoms with Gasteiger partial charge in [-0.15, -0.1) is 0 Å². The molecule has 0 aliphatic carbocycles. The van der Waals surface area contributed by atoms with Crippen LogP contribution in [0.25, 0.3) is 0 Å². The fourth-order valence-corrected chi connectivity index (χ4v) is 2.80. The van der Waals surface area contributed by atoms with E-state index in [-0.39, 0.29) is 11.3 Å². The lowest BCUT2D eigenvalue weighted by atomic mass is 9.84. The van der Waals surface area contributed by atoms with Gasteiger partial charge in [0.05, 0.1) is 6.04 Å². The third-order valence-electron chi connectivity index (χ3n) is 3.28. The maximum absolute atomic E-state index is 11.9. The average Bonchev–Trinajstić information content (AvgIpc) is 2.42. The van der Waals surface area contributed by atoms with Gasteiger partial charge in [-0.25, -0.2) is 0 Å². The number of hydrogen-bond acceptors (Lipinski definition) is 3. The molecular formula is C15H23ClN2OS. The van der Waals surface area contributed by atoms with Gasteiger partial charge in [-0.2, -0.15) is 11.8 Å². The SMILES string of the molecule is CSCC[C@H](N)C(=O)NCC(C)(C)c1ccccc1Cl. The van der Waals surface area contributed by atoms with Gasteiger partial charge in [0.15, 0.2) is 0 Å². The topological polar surface area (TPSA) is 55.1 Å². The lowest BCUT2D eigenvalue weighted by molar-refractivity contribution is -0.122. The van der Waals surface area contributed by atoms with Gasteiger partial charge < -0.3 is 11.1 Å². The average molecular weight is 315 g/mol. The number of rotatable bonds is 7. The molecule has 1 atom stereocenters. The molecule has 0 aliphatic heterocycles. The first-order valence-corrected chi connectivity index (χ1v) is 8.43. The maximum Gasteiger partial charge on any atom is 0.236 e. The summed E-state index contributed by atoms with van der Waals surface area (Å²) in [6.45, 7) is 4.63. The molecule has 0 aliphatic rings. The van der Waals surface area contributed by atoms with Crippen LogP contribution in [0.3, 0.4) is 0 Å². The standard InChI is InChI=1S/C15H23ClN2OS/c1-15(2,11-6-4-5-7-12(11)16)10-18-14(19)13(17)8-9-20-3/h4-7,13H,8-10,17H2,1-3H3,(H,18,19)/t13-/m0/s1. The largest absolute Gasteiger partial charge is 0.354 e. The third-order valence-corrected chi connectivity index (χ3v) is 4.25. The molecule has 112 valence electrons. The van der Waals surface area contributed by atoms with Crippen molar-refractivity contribution in [3.63, 3.8) is 0 Å². The minimum absolute atomic E-state index is 0.0980. The molecule has 0 saturated carbocycles. The van der Waals surface area contributed by atoms with E-state index in [0.29, 0.717) is 13.0 Å². The van der Waals surface area contributed by atoms with E-state index in [2.05, 4.69) is 19.2 Å². The van der Waals surface area contributed by atoms with Crippen LogP contribution in [-0.4, -0.2) is 30.5 Å². The number of nitrogens with one attached hydrogen (secondary N) is 1. The first-order valence-electron chi connectivity index (χ1n) is 6.65. The second-order valence-electron chi connectivity index (χ2n) is 5.47. The van der Waals surface area contributed by atoms with Crippen molar-refractivity contribution in [1.82, 2.24) is 5.32 Å². The van der Waals surface area contributed by atoms with Crippen molar-refractivity contribution in [1.29, 1.82) is 0 Å². The molecule has 1 aromatic carbocycles. The molecular weight excluding hydrogens is 292 g/mol. The molecule has 20 heavy (non-hydrogen) atoms. The number of hydrogen-bond donors (Lipinski definition) is 2. The minimum Gasteiger partial charge on any atom is -0.354 e. The molecule has 0 spiro atoms. The Balaban J connectivity index is 2.60. The summed E-state index contributed by atoms with van der Waals surface area (Å²) in [5.41, 5.74) is 6.65. The number of amides is 1. The number of carbonyl (C=O) groups is 1. The Kier molecular flexibility index (Phi) is 6.86. The number of carbonyl (C=O) groups excluding carboxylic acids is 1. The summed E-state index contributed by atoms with van der Waals surface area (Å²) in [6.07, 6.45) is 2.70. The van der Waals surface area contributed by atoms with Gasteiger partial charge in [0.25, 0.3) is 0 Å². The molecule has 0 saturated heterocycles. The first kappa shape index (κ1) is 17.3. The highest BCUT2D eigenvalue weighted by atomic mass is 35.5. The Bertz CT molecular complexity index is 451. The Hall–Kier alpha value is -0.710. The summed E-state index contributed by atoms with van der Waals surface area (Å²) < 4.78 is 0. The van der Waals surface area contributed by atoms with Crippen LogP contribution < -0.4 is 11.1 Å². The summed E-state index contributed by atoms with van der Waals surface area (Å²) in [5, 5.41) is 3.65. The molecule has 3 nitrogen and oxygen atoms in total. The van der Waals surface area contributed by atoms with Crippen LogP contribution in [0.1, 0.15) is 25.8 Å². The van der Waals surface area contributed by atoms with Crippen molar-refractivity contribution in [3.8, 4) is 0 Å². The monoisotopic (exact) mass is 314 g/mol. The van der Waals surface area contributed by atoms with Crippen molar-refractivity contribution < 1.29 is 4.79 Å². The van der Waals surface area contributed by atoms with Crippen molar-refractivity contribution >= 4 is 29.3 Å². The van der Waals surface area contributed by atoms with Gasteiger partial charge in [-0.1, -0.05) is 43.6 Å². The van der Waals surface area contributed by atoms with Crippen LogP contribution in [0, 0.1) is 0 Å². The second-order valence-corrected chi connectivity index (χ2v) is 6.86. The zero-order valence-corrected chi connectivity index (χ0v) is 13.9. The maximum atomic E-state index is 11.9. The van der Waals surface area contributed by atoms with Crippen LogP contribution in [-0.2, 0) is 10.2 Å². The van der Waals surface area contributed by atoms with Crippen molar-refractivity contribution in [2.75, 3.05) is 18.6 Å². The highest BCUT2D eigenvalue weighted by molar-refractivity contribution is 7.98.